The molecule has 2 aromatic rings. The van der Waals surface area contributed by atoms with Crippen molar-refractivity contribution in [3.8, 4) is 5.75 Å². The number of para-hydroxylation sites is 1. The molecule has 0 saturated heterocycles. The van der Waals surface area contributed by atoms with Gasteiger partial charge in [0.2, 0.25) is 12.3 Å². The molecular weight excluding hydrogens is 378 g/mol. The van der Waals surface area contributed by atoms with Gasteiger partial charge in [0.15, 0.2) is 0 Å². The number of nitrogens with one attached hydrogen (secondary N) is 2. The lowest BCUT2D eigenvalue weighted by Crippen LogP contribution is -2.34. The van der Waals surface area contributed by atoms with E-state index in [9.17, 15) is 9.59 Å². The molecule has 0 aromatic heterocycles. The molecule has 2 atom stereocenters. The minimum absolute atomic E-state index is 0.00277. The Labute approximate surface area is 179 Å². The third-order valence-corrected chi connectivity index (χ3v) is 4.92. The Bertz CT molecular complexity index is 791. The summed E-state index contributed by atoms with van der Waals surface area (Å²) >= 11 is 0. The summed E-state index contributed by atoms with van der Waals surface area (Å²) in [5.74, 6) is 0.325. The topological polar surface area (TPSA) is 93.5 Å². The van der Waals surface area contributed by atoms with Crippen molar-refractivity contribution in [3.63, 3.8) is 0 Å². The number of nitrogens with zero attached hydrogens (tertiary/aromatic N) is 1. The lowest BCUT2D eigenvalue weighted by molar-refractivity contribution is -0.129. The SMILES string of the molecule is CCCC(NC=O)c1ccc(C(=N)CC(C)N(C)C(C)=O)cc1.Oc1ccccc1. The van der Waals surface area contributed by atoms with Crippen LogP contribution in [0.25, 0.3) is 0 Å². The number of amides is 2. The first-order valence-electron chi connectivity index (χ1n) is 10.1. The number of hydrogen-bond acceptors (Lipinski definition) is 4. The van der Waals surface area contributed by atoms with E-state index in [1.807, 2.05) is 37.3 Å². The van der Waals surface area contributed by atoms with Crippen molar-refractivity contribution in [2.45, 2.75) is 52.1 Å². The lowest BCUT2D eigenvalue weighted by atomic mass is 9.97. The molecule has 0 spiro atoms. The molecule has 0 bridgehead atoms. The lowest BCUT2D eigenvalue weighted by Gasteiger charge is -2.24. The van der Waals surface area contributed by atoms with Gasteiger partial charge < -0.3 is 20.7 Å². The maximum absolute atomic E-state index is 11.4. The minimum Gasteiger partial charge on any atom is -0.508 e. The van der Waals surface area contributed by atoms with E-state index in [1.165, 1.54) is 6.92 Å². The van der Waals surface area contributed by atoms with Gasteiger partial charge in [-0.15, -0.1) is 0 Å². The van der Waals surface area contributed by atoms with Crippen LogP contribution < -0.4 is 5.32 Å². The Morgan fingerprint density at radius 1 is 1.17 bits per heavy atom. The molecule has 0 fully saturated rings. The molecule has 0 saturated carbocycles. The summed E-state index contributed by atoms with van der Waals surface area (Å²) in [6.45, 7) is 5.55. The van der Waals surface area contributed by atoms with Crippen LogP contribution in [-0.2, 0) is 9.59 Å². The van der Waals surface area contributed by atoms with Gasteiger partial charge in [-0.25, -0.2) is 0 Å². The second kappa shape index (κ2) is 13.1. The molecule has 3 N–H and O–H groups in total. The number of carbonyl (C=O) groups excluding carboxylic acids is 2. The molecule has 0 heterocycles. The van der Waals surface area contributed by atoms with Crippen molar-refractivity contribution < 1.29 is 14.7 Å². The number of phenols is 1. The fourth-order valence-electron chi connectivity index (χ4n) is 2.92. The minimum atomic E-state index is -0.00996. The molecular formula is C24H33N3O3. The molecule has 2 rings (SSSR count). The Morgan fingerprint density at radius 2 is 1.77 bits per heavy atom. The third-order valence-electron chi connectivity index (χ3n) is 4.92. The predicted molar refractivity (Wildman–Crippen MR) is 121 cm³/mol. The van der Waals surface area contributed by atoms with Crippen LogP contribution in [0.1, 0.15) is 57.2 Å². The fourth-order valence-corrected chi connectivity index (χ4v) is 2.92. The molecule has 0 aliphatic carbocycles. The molecule has 0 radical (unpaired) electrons. The van der Waals surface area contributed by atoms with E-state index >= 15 is 0 Å². The van der Waals surface area contributed by atoms with Crippen LogP contribution in [0.5, 0.6) is 5.75 Å². The predicted octanol–water partition coefficient (Wildman–Crippen LogP) is 4.29. The van der Waals surface area contributed by atoms with E-state index in [4.69, 9.17) is 10.5 Å². The van der Waals surface area contributed by atoms with Crippen LogP contribution in [0.3, 0.4) is 0 Å². The molecule has 2 amide bonds. The highest BCUT2D eigenvalue weighted by atomic mass is 16.3. The first-order valence-corrected chi connectivity index (χ1v) is 10.1. The molecule has 0 aliphatic heterocycles. The van der Waals surface area contributed by atoms with Crippen molar-refractivity contribution in [2.75, 3.05) is 7.05 Å². The van der Waals surface area contributed by atoms with E-state index in [0.717, 1.165) is 30.4 Å². The first kappa shape index (κ1) is 24.9. The van der Waals surface area contributed by atoms with Crippen molar-refractivity contribution in [1.82, 2.24) is 10.2 Å². The van der Waals surface area contributed by atoms with Crippen LogP contribution >= 0.6 is 0 Å². The summed E-state index contributed by atoms with van der Waals surface area (Å²) in [7, 11) is 1.75. The van der Waals surface area contributed by atoms with Gasteiger partial charge in [0, 0.05) is 32.1 Å². The average molecular weight is 412 g/mol. The summed E-state index contributed by atoms with van der Waals surface area (Å²) in [4.78, 5) is 23.7. The monoisotopic (exact) mass is 411 g/mol. The molecule has 6 nitrogen and oxygen atoms in total. The zero-order valence-electron chi connectivity index (χ0n) is 18.3. The second-order valence-electron chi connectivity index (χ2n) is 7.24. The molecule has 2 unspecified atom stereocenters. The van der Waals surface area contributed by atoms with E-state index in [1.54, 1.807) is 36.2 Å². The summed E-state index contributed by atoms with van der Waals surface area (Å²) < 4.78 is 0. The highest BCUT2D eigenvalue weighted by Gasteiger charge is 2.15. The molecule has 6 heteroatoms. The van der Waals surface area contributed by atoms with Crippen LogP contribution in [-0.4, -0.2) is 41.1 Å². The summed E-state index contributed by atoms with van der Waals surface area (Å²) in [6.07, 6.45) is 3.11. The second-order valence-corrected chi connectivity index (χ2v) is 7.24. The van der Waals surface area contributed by atoms with Gasteiger partial charge >= 0.3 is 0 Å². The quantitative estimate of drug-likeness (QED) is 0.424. The molecule has 2 aromatic carbocycles. The van der Waals surface area contributed by atoms with Gasteiger partial charge in [0.25, 0.3) is 0 Å². The van der Waals surface area contributed by atoms with E-state index in [-0.39, 0.29) is 18.0 Å². The van der Waals surface area contributed by atoms with Crippen molar-refractivity contribution in [2.24, 2.45) is 0 Å². The highest BCUT2D eigenvalue weighted by molar-refractivity contribution is 5.98. The van der Waals surface area contributed by atoms with Crippen LogP contribution in [0.2, 0.25) is 0 Å². The van der Waals surface area contributed by atoms with Gasteiger partial charge in [0.05, 0.1) is 6.04 Å². The number of hydrogen-bond donors (Lipinski definition) is 3. The molecule has 30 heavy (non-hydrogen) atoms. The summed E-state index contributed by atoms with van der Waals surface area (Å²) in [5, 5.41) is 19.7. The van der Waals surface area contributed by atoms with Gasteiger partial charge in [-0.2, -0.15) is 0 Å². The van der Waals surface area contributed by atoms with Gasteiger partial charge in [-0.3, -0.25) is 9.59 Å². The highest BCUT2D eigenvalue weighted by Crippen LogP contribution is 2.19. The number of benzene rings is 2. The van der Waals surface area contributed by atoms with Crippen molar-refractivity contribution in [3.05, 3.63) is 65.7 Å². The van der Waals surface area contributed by atoms with Gasteiger partial charge in [0.1, 0.15) is 5.75 Å². The smallest absolute Gasteiger partial charge is 0.219 e. The normalized spacial score (nSPS) is 12.0. The maximum atomic E-state index is 11.4. The van der Waals surface area contributed by atoms with Crippen LogP contribution in [0.15, 0.2) is 54.6 Å². The van der Waals surface area contributed by atoms with Crippen LogP contribution in [0, 0.1) is 5.41 Å². The first-order chi connectivity index (χ1) is 14.3. The van der Waals surface area contributed by atoms with Gasteiger partial charge in [-0.05, 0) is 36.6 Å². The van der Waals surface area contributed by atoms with E-state index in [2.05, 4.69) is 12.2 Å². The van der Waals surface area contributed by atoms with Crippen molar-refractivity contribution in [1.29, 1.82) is 5.41 Å². The Balaban J connectivity index is 0.000000539. The van der Waals surface area contributed by atoms with Crippen LogP contribution in [0.4, 0.5) is 0 Å². The maximum Gasteiger partial charge on any atom is 0.219 e. The summed E-state index contributed by atoms with van der Waals surface area (Å²) in [6, 6.07) is 16.5. The zero-order valence-corrected chi connectivity index (χ0v) is 18.3. The average Bonchev–Trinajstić information content (AvgIpc) is 2.74. The molecule has 162 valence electrons. The fraction of sp³-hybridized carbons (Fsp3) is 0.375. The standard InChI is InChI=1S/C18H27N3O2.C6H6O/c1-5-6-18(20-12-22)16-9-7-15(8-10-16)17(19)11-13(2)21(4)14(3)23;7-6-4-2-1-3-5-6/h7-10,12-13,18-19H,5-6,11H2,1-4H3,(H,20,22);1-5,7H. The third kappa shape index (κ3) is 8.47. The Morgan fingerprint density at radius 3 is 2.20 bits per heavy atom. The zero-order chi connectivity index (χ0) is 22.5. The Kier molecular flexibility index (Phi) is 10.9. The largest absolute Gasteiger partial charge is 0.508 e. The number of carbonyl (C=O) groups is 2. The number of aromatic hydroxyl groups is 1. The van der Waals surface area contributed by atoms with Crippen molar-refractivity contribution >= 4 is 18.0 Å². The Hall–Kier alpha value is -3.15. The van der Waals surface area contributed by atoms with Gasteiger partial charge in [-0.1, -0.05) is 55.8 Å². The number of phenolic OH excluding ortho intramolecular Hbond substituents is 1. The van der Waals surface area contributed by atoms with E-state index in [0.29, 0.717) is 17.9 Å². The summed E-state index contributed by atoms with van der Waals surface area (Å²) in [5.41, 5.74) is 2.40. The molecule has 0 aliphatic rings. The van der Waals surface area contributed by atoms with E-state index < -0.39 is 0 Å². The number of rotatable bonds is 9.